The normalized spacial score (nSPS) is 6.80. The number of rotatable bonds is 0. The molecular weight excluding hydrogens is 181 g/mol. The molecule has 0 rings (SSSR count). The fraction of sp³-hybridized carbons (Fsp3) is 0.500. The maximum atomic E-state index is 6.51. The van der Waals surface area contributed by atoms with Gasteiger partial charge < -0.3 is 4.74 Å². The van der Waals surface area contributed by atoms with Crippen molar-refractivity contribution in [1.29, 1.82) is 5.41 Å². The van der Waals surface area contributed by atoms with Crippen LogP contribution < -0.4 is 0 Å². The Morgan fingerprint density at radius 1 is 2.00 bits per heavy atom. The molecule has 0 fully saturated rings. The van der Waals surface area contributed by atoms with Crippen LogP contribution in [0.4, 0.5) is 0 Å². The van der Waals surface area contributed by atoms with Crippen LogP contribution in [0.5, 0.6) is 0 Å². The van der Waals surface area contributed by atoms with Crippen molar-refractivity contribution in [2.24, 2.45) is 0 Å². The molecule has 0 spiro atoms. The van der Waals surface area contributed by atoms with Crippen LogP contribution in [0.15, 0.2) is 0 Å². The van der Waals surface area contributed by atoms with Gasteiger partial charge in [0.2, 0.25) is 3.90 Å². The van der Waals surface area contributed by atoms with Crippen molar-refractivity contribution in [2.75, 3.05) is 7.11 Å². The van der Waals surface area contributed by atoms with Gasteiger partial charge in [-0.2, -0.15) is 0 Å². The summed E-state index contributed by atoms with van der Waals surface area (Å²) in [4.78, 5) is 0. The first-order valence-electron chi connectivity index (χ1n) is 1.05. The van der Waals surface area contributed by atoms with E-state index in [0.717, 1.165) is 0 Å². The zero-order valence-corrected chi connectivity index (χ0v) is 4.94. The summed E-state index contributed by atoms with van der Waals surface area (Å²) in [6, 6.07) is 0. The molecule has 5 heavy (non-hydrogen) atoms. The predicted octanol–water partition coefficient (Wildman–Crippen LogP) is 1.00. The van der Waals surface area contributed by atoms with Gasteiger partial charge in [0.25, 0.3) is 0 Å². The van der Waals surface area contributed by atoms with E-state index in [1.54, 1.807) is 22.6 Å². The van der Waals surface area contributed by atoms with Gasteiger partial charge in [0.1, 0.15) is 0 Å². The molecule has 0 unspecified atom stereocenters. The maximum Gasteiger partial charge on any atom is 0.244 e. The van der Waals surface area contributed by atoms with E-state index < -0.39 is 0 Å². The van der Waals surface area contributed by atoms with Crippen molar-refractivity contribution in [3.8, 4) is 0 Å². The third kappa shape index (κ3) is 4.20. The van der Waals surface area contributed by atoms with E-state index in [1.165, 1.54) is 7.11 Å². The summed E-state index contributed by atoms with van der Waals surface area (Å²) in [5, 5.41) is 6.51. The molecule has 0 aliphatic rings. The van der Waals surface area contributed by atoms with Gasteiger partial charge in [0.15, 0.2) is 0 Å². The molecule has 0 aromatic rings. The molecule has 0 heterocycles. The van der Waals surface area contributed by atoms with Gasteiger partial charge >= 0.3 is 0 Å². The summed E-state index contributed by atoms with van der Waals surface area (Å²) in [5.74, 6) is 0. The number of hydrogen-bond donors (Lipinski definition) is 1. The van der Waals surface area contributed by atoms with Crippen LogP contribution in [-0.4, -0.2) is 11.0 Å². The fourth-order valence-electron chi connectivity index (χ4n) is 0. The molecule has 2 nitrogen and oxygen atoms in total. The van der Waals surface area contributed by atoms with Crippen LogP contribution in [-0.2, 0) is 4.74 Å². The van der Waals surface area contributed by atoms with E-state index in [0.29, 0.717) is 0 Å². The van der Waals surface area contributed by atoms with Crippen molar-refractivity contribution in [3.05, 3.63) is 0 Å². The van der Waals surface area contributed by atoms with Crippen molar-refractivity contribution in [1.82, 2.24) is 0 Å². The highest BCUT2D eigenvalue weighted by atomic mass is 127. The Hall–Kier alpha value is 0.200. The van der Waals surface area contributed by atoms with E-state index in [4.69, 9.17) is 5.41 Å². The summed E-state index contributed by atoms with van der Waals surface area (Å²) in [6.45, 7) is 0. The van der Waals surface area contributed by atoms with Crippen LogP contribution in [0.25, 0.3) is 0 Å². The van der Waals surface area contributed by atoms with Crippen LogP contribution in [0, 0.1) is 5.41 Å². The Morgan fingerprint density at radius 3 is 2.20 bits per heavy atom. The third-order valence-corrected chi connectivity index (χ3v) is 0.620. The van der Waals surface area contributed by atoms with Crippen molar-refractivity contribution in [3.63, 3.8) is 0 Å². The topological polar surface area (TPSA) is 33.1 Å². The summed E-state index contributed by atoms with van der Waals surface area (Å²) < 4.78 is 4.54. The van der Waals surface area contributed by atoms with Crippen LogP contribution in [0.2, 0.25) is 0 Å². The van der Waals surface area contributed by atoms with Gasteiger partial charge in [0, 0.05) is 22.6 Å². The first kappa shape index (κ1) is 5.20. The Bertz CT molecular complexity index is 44.9. The lowest BCUT2D eigenvalue weighted by atomic mass is 11.4. The highest BCUT2D eigenvalue weighted by molar-refractivity contribution is 14.1. The van der Waals surface area contributed by atoms with Crippen molar-refractivity contribution in [2.45, 2.75) is 0 Å². The largest absolute Gasteiger partial charge is 0.477 e. The van der Waals surface area contributed by atoms with Gasteiger partial charge in [-0.1, -0.05) is 0 Å². The second-order valence-electron chi connectivity index (χ2n) is 0.478. The molecular formula is C2H4INO. The maximum absolute atomic E-state index is 6.51. The quantitative estimate of drug-likeness (QED) is 0.341. The SMILES string of the molecule is COC(=N)I. The summed E-state index contributed by atoms with van der Waals surface area (Å²) in [5.41, 5.74) is 0. The molecule has 30 valence electrons. The lowest BCUT2D eigenvalue weighted by Gasteiger charge is -1.83. The van der Waals surface area contributed by atoms with E-state index in [1.807, 2.05) is 0 Å². The summed E-state index contributed by atoms with van der Waals surface area (Å²) in [6.07, 6.45) is 0. The first-order valence-corrected chi connectivity index (χ1v) is 2.13. The molecule has 0 atom stereocenters. The number of ether oxygens (including phenoxy) is 1. The van der Waals surface area contributed by atoms with Gasteiger partial charge in [-0.15, -0.1) is 0 Å². The highest BCUT2D eigenvalue weighted by Crippen LogP contribution is 1.81. The lowest BCUT2D eigenvalue weighted by molar-refractivity contribution is 0.416. The molecule has 0 aromatic heterocycles. The lowest BCUT2D eigenvalue weighted by Crippen LogP contribution is -1.81. The van der Waals surface area contributed by atoms with E-state index >= 15 is 0 Å². The minimum absolute atomic E-state index is 0.225. The first-order chi connectivity index (χ1) is 2.27. The predicted molar refractivity (Wildman–Crippen MR) is 28.8 cm³/mol. The molecule has 0 radical (unpaired) electrons. The number of halogens is 1. The Kier molecular flexibility index (Phi) is 2.54. The molecule has 0 bridgehead atoms. The van der Waals surface area contributed by atoms with Crippen LogP contribution >= 0.6 is 22.6 Å². The van der Waals surface area contributed by atoms with Gasteiger partial charge in [0.05, 0.1) is 7.11 Å². The van der Waals surface area contributed by atoms with Crippen LogP contribution in [0.3, 0.4) is 0 Å². The Balaban J connectivity index is 2.85. The van der Waals surface area contributed by atoms with Gasteiger partial charge in [-0.05, 0) is 0 Å². The third-order valence-electron chi connectivity index (χ3n) is 0.179. The molecule has 1 N–H and O–H groups in total. The zero-order chi connectivity index (χ0) is 4.28. The van der Waals surface area contributed by atoms with Crippen molar-refractivity contribution < 1.29 is 4.74 Å². The van der Waals surface area contributed by atoms with Crippen LogP contribution in [0.1, 0.15) is 0 Å². The average Bonchev–Trinajstić information content (AvgIpc) is 1.38. The monoisotopic (exact) mass is 185 g/mol. The molecule has 0 aliphatic heterocycles. The average molecular weight is 185 g/mol. The standard InChI is InChI=1S/C2H4INO/c1-5-2(3)4/h4H,1H3. The number of nitrogens with one attached hydrogen (secondary N) is 1. The second-order valence-corrected chi connectivity index (χ2v) is 1.46. The zero-order valence-electron chi connectivity index (χ0n) is 2.79. The molecule has 0 saturated heterocycles. The number of methoxy groups -OCH3 is 1. The van der Waals surface area contributed by atoms with E-state index in [2.05, 4.69) is 4.74 Å². The number of hydrogen-bond acceptors (Lipinski definition) is 2. The molecule has 0 aliphatic carbocycles. The van der Waals surface area contributed by atoms with Crippen molar-refractivity contribution >= 4 is 26.5 Å². The molecule has 3 heteroatoms. The smallest absolute Gasteiger partial charge is 0.244 e. The Labute approximate surface area is 44.2 Å². The van der Waals surface area contributed by atoms with Gasteiger partial charge in [-0.3, -0.25) is 5.41 Å². The van der Waals surface area contributed by atoms with E-state index in [-0.39, 0.29) is 3.90 Å². The fourth-order valence-corrected chi connectivity index (χ4v) is 0. The summed E-state index contributed by atoms with van der Waals surface area (Å²) >= 11 is 1.77. The minimum atomic E-state index is 0.225. The molecule has 0 amide bonds. The summed E-state index contributed by atoms with van der Waals surface area (Å²) in [7, 11) is 1.47. The van der Waals surface area contributed by atoms with E-state index in [9.17, 15) is 0 Å². The Morgan fingerprint density at radius 2 is 2.20 bits per heavy atom. The molecule has 0 aromatic carbocycles. The highest BCUT2D eigenvalue weighted by Gasteiger charge is 1.72. The minimum Gasteiger partial charge on any atom is -0.477 e. The second kappa shape index (κ2) is 2.44. The molecule has 0 saturated carbocycles. The van der Waals surface area contributed by atoms with Gasteiger partial charge in [-0.25, -0.2) is 0 Å².